The average Bonchev–Trinajstić information content (AvgIpc) is 3.26. The molecule has 4 N–H and O–H groups in total. The summed E-state index contributed by atoms with van der Waals surface area (Å²) in [6, 6.07) is 2.49. The van der Waals surface area contributed by atoms with Crippen LogP contribution in [0.1, 0.15) is 48.6 Å². The van der Waals surface area contributed by atoms with E-state index < -0.39 is 13.7 Å². The summed E-state index contributed by atoms with van der Waals surface area (Å²) in [5.74, 6) is -1.24. The van der Waals surface area contributed by atoms with Gasteiger partial charge < -0.3 is 24.0 Å². The van der Waals surface area contributed by atoms with E-state index in [0.717, 1.165) is 6.07 Å². The van der Waals surface area contributed by atoms with Crippen LogP contribution in [0.25, 0.3) is 22.7 Å². The molecule has 0 aliphatic heterocycles. The van der Waals surface area contributed by atoms with Gasteiger partial charge in [0.1, 0.15) is 17.1 Å². The zero-order chi connectivity index (χ0) is 22.9. The number of aromatic hydroxyl groups is 1. The summed E-state index contributed by atoms with van der Waals surface area (Å²) < 4.78 is 26.7. The number of phosphoric ester groups is 1. The van der Waals surface area contributed by atoms with Gasteiger partial charge >= 0.3 is 59.2 Å². The van der Waals surface area contributed by atoms with E-state index >= 15 is 0 Å². The van der Waals surface area contributed by atoms with Crippen molar-refractivity contribution in [2.75, 3.05) is 6.54 Å². The third-order valence-electron chi connectivity index (χ3n) is 4.21. The number of nitrogens with one attached hydrogen (secondary N) is 1. The Kier molecular flexibility index (Phi) is 8.81. The summed E-state index contributed by atoms with van der Waals surface area (Å²) in [7, 11) is -5.00. The van der Waals surface area contributed by atoms with Crippen molar-refractivity contribution in [2.24, 2.45) is 0 Å². The molecular formula is C18H22KN4O8P. The van der Waals surface area contributed by atoms with Gasteiger partial charge in [0.2, 0.25) is 11.7 Å². The Balaban J connectivity index is 0.00000363. The van der Waals surface area contributed by atoms with Crippen molar-refractivity contribution in [1.29, 1.82) is 0 Å². The third-order valence-corrected chi connectivity index (χ3v) is 4.64. The Morgan fingerprint density at radius 3 is 2.47 bits per heavy atom. The van der Waals surface area contributed by atoms with E-state index in [4.69, 9.17) is 13.6 Å². The van der Waals surface area contributed by atoms with Crippen LogP contribution in [0.15, 0.2) is 21.2 Å². The number of phosphoric acid groups is 1. The second-order valence-electron chi connectivity index (χ2n) is 6.88. The third kappa shape index (κ3) is 5.86. The van der Waals surface area contributed by atoms with E-state index in [1.165, 1.54) is 6.07 Å². The fourth-order valence-electron chi connectivity index (χ4n) is 2.91. The molecule has 2 aromatic heterocycles. The first-order valence-corrected chi connectivity index (χ1v) is 10.8. The quantitative estimate of drug-likeness (QED) is 0.280. The molecule has 32 heavy (non-hydrogen) atoms. The average molecular weight is 492 g/mol. The number of carbonyl (C=O) groups excluding carboxylic acids is 1. The summed E-state index contributed by atoms with van der Waals surface area (Å²) in [5.41, 5.74) is 0.363. The molecule has 0 fully saturated rings. The number of aromatic nitrogens is 3. The molecule has 1 aromatic carbocycles. The van der Waals surface area contributed by atoms with Crippen molar-refractivity contribution in [3.8, 4) is 34.2 Å². The van der Waals surface area contributed by atoms with Crippen molar-refractivity contribution < 1.29 is 37.8 Å². The van der Waals surface area contributed by atoms with Gasteiger partial charge in [-0.3, -0.25) is 14.6 Å². The van der Waals surface area contributed by atoms with Gasteiger partial charge in [-0.2, -0.15) is 4.98 Å². The number of benzene rings is 1. The predicted octanol–water partition coefficient (Wildman–Crippen LogP) is 2.10. The second-order valence-corrected chi connectivity index (χ2v) is 8.04. The molecule has 14 heteroatoms. The monoisotopic (exact) mass is 492 g/mol. The van der Waals surface area contributed by atoms with Crippen LogP contribution in [-0.2, 0) is 4.57 Å². The maximum absolute atomic E-state index is 12.5. The van der Waals surface area contributed by atoms with Crippen molar-refractivity contribution in [3.05, 3.63) is 29.3 Å². The van der Waals surface area contributed by atoms with Crippen molar-refractivity contribution in [1.82, 2.24) is 20.6 Å². The van der Waals surface area contributed by atoms with E-state index in [0.29, 0.717) is 12.1 Å². The summed E-state index contributed by atoms with van der Waals surface area (Å²) in [6.45, 7) is 7.21. The van der Waals surface area contributed by atoms with Crippen LogP contribution in [-0.4, -0.2) is 94.0 Å². The zero-order valence-corrected chi connectivity index (χ0v) is 18.0. The molecule has 0 atom stereocenters. The predicted molar refractivity (Wildman–Crippen MR) is 114 cm³/mol. The minimum absolute atomic E-state index is 0. The SMILES string of the molecule is CCNC(=O)c1noc(-c2cc(C(C)C)c(O)cc2OP(=O)(O)O)c1-c1noc(C)n1.[KH]. The molecule has 0 spiro atoms. The molecule has 0 aliphatic carbocycles. The number of hydrogen-bond acceptors (Lipinski definition) is 9. The molecule has 168 valence electrons. The number of nitrogens with zero attached hydrogens (tertiary/aromatic N) is 3. The number of phenols is 1. The molecule has 1 amide bonds. The first kappa shape index (κ1) is 26.7. The molecule has 3 rings (SSSR count). The van der Waals surface area contributed by atoms with Gasteiger partial charge in [0.05, 0.1) is 5.56 Å². The fraction of sp³-hybridized carbons (Fsp3) is 0.333. The molecule has 0 saturated carbocycles. The van der Waals surface area contributed by atoms with Crippen LogP contribution in [0.2, 0.25) is 0 Å². The Labute approximate surface area is 225 Å². The summed E-state index contributed by atoms with van der Waals surface area (Å²) in [6.07, 6.45) is 0. The molecular weight excluding hydrogens is 470 g/mol. The first-order chi connectivity index (χ1) is 14.5. The molecule has 2 heterocycles. The van der Waals surface area contributed by atoms with E-state index in [9.17, 15) is 24.3 Å². The minimum atomic E-state index is -5.00. The van der Waals surface area contributed by atoms with Crippen LogP contribution < -0.4 is 9.84 Å². The second kappa shape index (κ2) is 10.6. The molecule has 0 radical (unpaired) electrons. The Hall–Kier alpha value is -1.57. The van der Waals surface area contributed by atoms with Gasteiger partial charge in [0, 0.05) is 19.5 Å². The molecule has 12 nitrogen and oxygen atoms in total. The van der Waals surface area contributed by atoms with Crippen LogP contribution in [0, 0.1) is 6.92 Å². The van der Waals surface area contributed by atoms with Gasteiger partial charge in [-0.1, -0.05) is 24.2 Å². The van der Waals surface area contributed by atoms with Gasteiger partial charge in [-0.05, 0) is 24.5 Å². The van der Waals surface area contributed by atoms with Gasteiger partial charge in [0.15, 0.2) is 11.5 Å². The van der Waals surface area contributed by atoms with Gasteiger partial charge in [-0.25, -0.2) is 4.57 Å². The van der Waals surface area contributed by atoms with Crippen molar-refractivity contribution in [3.63, 3.8) is 0 Å². The topological polar surface area (TPSA) is 181 Å². The van der Waals surface area contributed by atoms with Crippen LogP contribution in [0.3, 0.4) is 0 Å². The first-order valence-electron chi connectivity index (χ1n) is 9.22. The normalized spacial score (nSPS) is 11.3. The number of aryl methyl sites for hydroxylation is 1. The van der Waals surface area contributed by atoms with Crippen LogP contribution in [0.4, 0.5) is 0 Å². The van der Waals surface area contributed by atoms with E-state index in [2.05, 4.69) is 20.6 Å². The number of phenolic OH excluding ortho intramolecular Hbond substituents is 1. The molecule has 0 aliphatic rings. The number of amides is 1. The van der Waals surface area contributed by atoms with Crippen molar-refractivity contribution in [2.45, 2.75) is 33.6 Å². The van der Waals surface area contributed by atoms with E-state index in [-0.39, 0.29) is 103 Å². The van der Waals surface area contributed by atoms with E-state index in [1.807, 2.05) is 13.8 Å². The summed E-state index contributed by atoms with van der Waals surface area (Å²) in [5, 5.41) is 20.5. The number of carbonyl (C=O) groups is 1. The molecule has 0 bridgehead atoms. The zero-order valence-electron chi connectivity index (χ0n) is 17.1. The van der Waals surface area contributed by atoms with Crippen molar-refractivity contribution >= 4 is 65.1 Å². The number of rotatable bonds is 7. The van der Waals surface area contributed by atoms with Crippen LogP contribution in [0.5, 0.6) is 11.5 Å². The molecule has 0 saturated heterocycles. The van der Waals surface area contributed by atoms with E-state index in [1.54, 1.807) is 13.8 Å². The fourth-order valence-corrected chi connectivity index (χ4v) is 3.32. The molecule has 0 unspecified atom stereocenters. The van der Waals surface area contributed by atoms with Gasteiger partial charge in [-0.15, -0.1) is 0 Å². The Morgan fingerprint density at radius 2 is 1.94 bits per heavy atom. The summed E-state index contributed by atoms with van der Waals surface area (Å²) in [4.78, 5) is 35.3. The number of hydrogen-bond donors (Lipinski definition) is 4. The summed E-state index contributed by atoms with van der Waals surface area (Å²) >= 11 is 0. The Morgan fingerprint density at radius 1 is 1.25 bits per heavy atom. The molecule has 3 aromatic rings. The van der Waals surface area contributed by atoms with Gasteiger partial charge in [0.25, 0.3) is 5.91 Å². The Bertz CT molecular complexity index is 1170. The van der Waals surface area contributed by atoms with Crippen LogP contribution >= 0.6 is 7.82 Å². The maximum atomic E-state index is 12.5. The standard InChI is InChI=1S/C18H21N4O8P.K.H/c1-5-19-18(24)15-14(17-20-9(4)28-22-17)16(29-21-15)11-6-10(8(2)3)12(23)7-13(11)30-31(25,26)27;;/h6-8,23H,5H2,1-4H3,(H,19,24)(H2,25,26,27);;.